The molecule has 7 nitrogen and oxygen atoms in total. The summed E-state index contributed by atoms with van der Waals surface area (Å²) in [4.78, 5) is 27.5. The van der Waals surface area contributed by atoms with Gasteiger partial charge in [-0.2, -0.15) is 0 Å². The van der Waals surface area contributed by atoms with Gasteiger partial charge in [0.2, 0.25) is 5.91 Å². The summed E-state index contributed by atoms with van der Waals surface area (Å²) in [5.74, 6) is 2.26. The van der Waals surface area contributed by atoms with E-state index in [4.69, 9.17) is 14.2 Å². The van der Waals surface area contributed by atoms with E-state index in [-0.39, 0.29) is 18.1 Å². The third kappa shape index (κ3) is 7.34. The van der Waals surface area contributed by atoms with Gasteiger partial charge in [-0.15, -0.1) is 0 Å². The summed E-state index contributed by atoms with van der Waals surface area (Å²) >= 11 is 0. The van der Waals surface area contributed by atoms with Crippen molar-refractivity contribution >= 4 is 12.0 Å². The monoisotopic (exact) mass is 492 g/mol. The first-order valence-corrected chi connectivity index (χ1v) is 14.1. The molecule has 1 N–H and O–H groups in total. The van der Waals surface area contributed by atoms with Gasteiger partial charge in [-0.25, -0.2) is 4.79 Å². The lowest BCUT2D eigenvalue weighted by atomic mass is 9.72. The van der Waals surface area contributed by atoms with Crippen LogP contribution in [0, 0.1) is 29.6 Å². The van der Waals surface area contributed by atoms with Crippen LogP contribution < -0.4 is 5.32 Å². The summed E-state index contributed by atoms with van der Waals surface area (Å²) in [7, 11) is 0. The fraction of sp³-hybridized carbons (Fsp3) is 0.929. The molecule has 7 heteroatoms. The van der Waals surface area contributed by atoms with Gasteiger partial charge in [-0.3, -0.25) is 4.79 Å². The minimum Gasteiger partial charge on any atom is -0.444 e. The summed E-state index contributed by atoms with van der Waals surface area (Å²) in [6.07, 6.45) is 9.82. The van der Waals surface area contributed by atoms with Gasteiger partial charge in [0.25, 0.3) is 0 Å². The van der Waals surface area contributed by atoms with Crippen LogP contribution in [0.25, 0.3) is 0 Å². The minimum atomic E-state index is -0.496. The van der Waals surface area contributed by atoms with Gasteiger partial charge in [0.1, 0.15) is 5.60 Å². The summed E-state index contributed by atoms with van der Waals surface area (Å²) in [6, 6.07) is 0. The Morgan fingerprint density at radius 1 is 0.971 bits per heavy atom. The van der Waals surface area contributed by atoms with Crippen LogP contribution in [0.2, 0.25) is 0 Å². The fourth-order valence-corrected chi connectivity index (χ4v) is 6.83. The predicted octanol–water partition coefficient (Wildman–Crippen LogP) is 5.12. The number of ether oxygens (including phenoxy) is 3. The molecule has 0 aromatic carbocycles. The Morgan fingerprint density at radius 3 is 2.43 bits per heavy atom. The quantitative estimate of drug-likeness (QED) is 0.589. The maximum absolute atomic E-state index is 13.3. The highest BCUT2D eigenvalue weighted by molar-refractivity contribution is 5.79. The Bertz CT molecular complexity index is 740. The zero-order valence-electron chi connectivity index (χ0n) is 22.6. The van der Waals surface area contributed by atoms with E-state index in [0.29, 0.717) is 42.7 Å². The Hall–Kier alpha value is -1.34. The summed E-state index contributed by atoms with van der Waals surface area (Å²) in [6.45, 7) is 12.8. The average molecular weight is 493 g/mol. The third-order valence-corrected chi connectivity index (χ3v) is 8.62. The molecule has 4 aliphatic rings. The summed E-state index contributed by atoms with van der Waals surface area (Å²) in [5, 5.41) is 2.98. The van der Waals surface area contributed by atoms with E-state index in [1.807, 2.05) is 34.6 Å². The lowest BCUT2D eigenvalue weighted by Gasteiger charge is -2.46. The Labute approximate surface area is 212 Å². The van der Waals surface area contributed by atoms with Crippen LogP contribution >= 0.6 is 0 Å². The molecule has 35 heavy (non-hydrogen) atoms. The van der Waals surface area contributed by atoms with Gasteiger partial charge in [0.15, 0.2) is 5.79 Å². The van der Waals surface area contributed by atoms with E-state index in [0.717, 1.165) is 45.2 Å². The standard InChI is InChI=1S/C28H48N2O5/c1-27(2,3)35-26(32)29-17-19-7-6-8-21(15-19)20-11-13-30(14-12-20)25(31)22-9-10-24-23(16-22)18-33-28(4,5)34-24/h19-24H,6-18H2,1-5H3,(H,29,32). The molecule has 0 aromatic rings. The number of rotatable bonds is 4. The molecule has 2 saturated heterocycles. The topological polar surface area (TPSA) is 77.1 Å². The van der Waals surface area contributed by atoms with E-state index in [1.54, 1.807) is 0 Å². The van der Waals surface area contributed by atoms with Crippen LogP contribution in [0.1, 0.15) is 92.4 Å². The van der Waals surface area contributed by atoms with Crippen LogP contribution in [0.5, 0.6) is 0 Å². The van der Waals surface area contributed by atoms with Crippen LogP contribution in [0.15, 0.2) is 0 Å². The summed E-state index contributed by atoms with van der Waals surface area (Å²) in [5.41, 5.74) is -0.460. The average Bonchev–Trinajstić information content (AvgIpc) is 2.81. The molecule has 0 aromatic heterocycles. The molecule has 2 saturated carbocycles. The maximum Gasteiger partial charge on any atom is 0.407 e. The van der Waals surface area contributed by atoms with E-state index < -0.39 is 11.4 Å². The Morgan fingerprint density at radius 2 is 1.71 bits per heavy atom. The largest absolute Gasteiger partial charge is 0.444 e. The van der Waals surface area contributed by atoms with Crippen LogP contribution in [0.3, 0.4) is 0 Å². The Kier molecular flexibility index (Phi) is 8.36. The predicted molar refractivity (Wildman–Crippen MR) is 135 cm³/mol. The number of piperidine rings is 1. The number of likely N-dealkylation sites (tertiary alicyclic amines) is 1. The van der Waals surface area contributed by atoms with Gasteiger partial charge in [0.05, 0.1) is 12.7 Å². The molecule has 2 heterocycles. The second-order valence-corrected chi connectivity index (χ2v) is 13.0. The van der Waals surface area contributed by atoms with Gasteiger partial charge < -0.3 is 24.4 Å². The fourth-order valence-electron chi connectivity index (χ4n) is 6.83. The highest BCUT2D eigenvalue weighted by Crippen LogP contribution is 2.41. The van der Waals surface area contributed by atoms with E-state index in [2.05, 4.69) is 10.2 Å². The first kappa shape index (κ1) is 26.7. The van der Waals surface area contributed by atoms with Gasteiger partial charge in [0, 0.05) is 31.5 Å². The molecule has 2 aliphatic carbocycles. The third-order valence-electron chi connectivity index (χ3n) is 8.62. The molecular weight excluding hydrogens is 444 g/mol. The number of alkyl carbamates (subject to hydrolysis) is 1. The normalized spacial score (nSPS) is 34.1. The van der Waals surface area contributed by atoms with Crippen molar-refractivity contribution in [2.75, 3.05) is 26.2 Å². The number of amides is 2. The molecule has 0 radical (unpaired) electrons. The maximum atomic E-state index is 13.3. The van der Waals surface area contributed by atoms with Crippen LogP contribution in [-0.2, 0) is 19.0 Å². The molecule has 5 atom stereocenters. The van der Waals surface area contributed by atoms with Crippen molar-refractivity contribution in [3.63, 3.8) is 0 Å². The van der Waals surface area contributed by atoms with Crippen LogP contribution in [0.4, 0.5) is 4.79 Å². The molecule has 2 aliphatic heterocycles. The van der Waals surface area contributed by atoms with Gasteiger partial charge in [-0.05, 0) is 97.3 Å². The lowest BCUT2D eigenvalue weighted by Crippen LogP contribution is -2.50. The first-order valence-electron chi connectivity index (χ1n) is 14.1. The number of nitrogens with zero attached hydrogens (tertiary/aromatic N) is 1. The zero-order valence-corrected chi connectivity index (χ0v) is 22.6. The van der Waals surface area contributed by atoms with E-state index in [1.165, 1.54) is 25.7 Å². The molecular formula is C28H48N2O5. The number of carbonyl (C=O) groups excluding carboxylic acids is 2. The smallest absolute Gasteiger partial charge is 0.407 e. The highest BCUT2D eigenvalue weighted by Gasteiger charge is 2.43. The first-order chi connectivity index (χ1) is 16.5. The van der Waals surface area contributed by atoms with Crippen molar-refractivity contribution < 1.29 is 23.8 Å². The molecule has 2 amide bonds. The Balaban J connectivity index is 1.19. The SMILES string of the molecule is CC(C)(C)OC(=O)NCC1CCCC(C2CCN(C(=O)C3CCC4OC(C)(C)OCC4C3)CC2)C1. The van der Waals surface area contributed by atoms with Crippen molar-refractivity contribution in [2.24, 2.45) is 29.6 Å². The van der Waals surface area contributed by atoms with Crippen molar-refractivity contribution in [1.29, 1.82) is 0 Å². The van der Waals surface area contributed by atoms with Gasteiger partial charge >= 0.3 is 6.09 Å². The van der Waals surface area contributed by atoms with E-state index in [9.17, 15) is 9.59 Å². The number of hydrogen-bond donors (Lipinski definition) is 1. The molecule has 4 rings (SSSR count). The number of hydrogen-bond acceptors (Lipinski definition) is 5. The van der Waals surface area contributed by atoms with Crippen molar-refractivity contribution in [3.05, 3.63) is 0 Å². The molecule has 0 bridgehead atoms. The van der Waals surface area contributed by atoms with Crippen LogP contribution in [-0.4, -0.2) is 60.6 Å². The summed E-state index contributed by atoms with van der Waals surface area (Å²) < 4.78 is 17.4. The van der Waals surface area contributed by atoms with Gasteiger partial charge in [-0.1, -0.05) is 12.8 Å². The molecule has 5 unspecified atom stereocenters. The zero-order chi connectivity index (χ0) is 25.2. The lowest BCUT2D eigenvalue weighted by molar-refractivity contribution is -0.300. The number of nitrogens with one attached hydrogen (secondary N) is 1. The second-order valence-electron chi connectivity index (χ2n) is 13.0. The molecule has 0 spiro atoms. The number of fused-ring (bicyclic) bond motifs is 1. The van der Waals surface area contributed by atoms with Crippen molar-refractivity contribution in [2.45, 2.75) is 110 Å². The van der Waals surface area contributed by atoms with Crippen molar-refractivity contribution in [1.82, 2.24) is 10.2 Å². The number of carbonyl (C=O) groups is 2. The second kappa shape index (κ2) is 11.0. The highest BCUT2D eigenvalue weighted by atomic mass is 16.7. The minimum absolute atomic E-state index is 0.124. The molecule has 200 valence electrons. The van der Waals surface area contributed by atoms with Crippen molar-refractivity contribution in [3.8, 4) is 0 Å². The van der Waals surface area contributed by atoms with E-state index >= 15 is 0 Å². The molecule has 4 fully saturated rings.